The van der Waals surface area contributed by atoms with Crippen LogP contribution in [-0.4, -0.2) is 46.3 Å². The van der Waals surface area contributed by atoms with Crippen LogP contribution in [0.1, 0.15) is 42.2 Å². The quantitative estimate of drug-likeness (QED) is 0.110. The number of unbranched alkanes of at least 4 members (excludes halogenated alkanes) is 2. The van der Waals surface area contributed by atoms with Crippen LogP contribution in [0.3, 0.4) is 0 Å². The van der Waals surface area contributed by atoms with Gasteiger partial charge in [0.15, 0.2) is 0 Å². The van der Waals surface area contributed by atoms with Crippen molar-refractivity contribution < 1.29 is 9.15 Å². The molecule has 1 saturated heterocycles. The Bertz CT molecular complexity index is 1020. The maximum Gasteiger partial charge on any atom is 0.134 e. The Hall–Kier alpha value is -1.35. The summed E-state index contributed by atoms with van der Waals surface area (Å²) in [4.78, 5) is 2.76. The molecule has 2 heterocycles. The Balaban J connectivity index is 1.77. The zero-order valence-corrected chi connectivity index (χ0v) is 24.1. The fourth-order valence-electron chi connectivity index (χ4n) is 5.15. The minimum Gasteiger partial charge on any atom is -0.496 e. The van der Waals surface area contributed by atoms with Gasteiger partial charge in [-0.05, 0) is 43.0 Å². The van der Waals surface area contributed by atoms with Crippen molar-refractivity contribution in [3.05, 3.63) is 65.4 Å². The molecule has 33 heavy (non-hydrogen) atoms. The first kappa shape index (κ1) is 24.8. The molecular weight excluding hydrogens is 506 g/mol. The van der Waals surface area contributed by atoms with E-state index in [1.165, 1.54) is 35.8 Å². The molecule has 0 N–H and O–H groups in total. The lowest BCUT2D eigenvalue weighted by atomic mass is 9.97. The van der Waals surface area contributed by atoms with Gasteiger partial charge in [-0.2, -0.15) is 0 Å². The number of para-hydroxylation sites is 1. The minimum absolute atomic E-state index is 0.102. The molecule has 3 atom stereocenters. The molecule has 1 fully saturated rings. The number of aryl methyl sites for hydroxylation is 1. The first-order valence-corrected chi connectivity index (χ1v) is 18.3. The van der Waals surface area contributed by atoms with Crippen LogP contribution in [0.4, 0.5) is 0 Å². The smallest absolute Gasteiger partial charge is 0.134 e. The van der Waals surface area contributed by atoms with Crippen molar-refractivity contribution in [1.82, 2.24) is 4.90 Å². The second kappa shape index (κ2) is 10.9. The monoisotopic (exact) mass is 541 g/mol. The minimum atomic E-state index is -0.455. The highest BCUT2D eigenvalue weighted by molar-refractivity contribution is 9.09. The maximum absolute atomic E-state index is 6.51. The second-order valence-electron chi connectivity index (χ2n) is 9.66. The van der Waals surface area contributed by atoms with Crippen molar-refractivity contribution in [2.45, 2.75) is 69.2 Å². The molecule has 0 bridgehead atoms. The van der Waals surface area contributed by atoms with Gasteiger partial charge in [-0.1, -0.05) is 78.9 Å². The Morgan fingerprint density at radius 3 is 2.33 bits per heavy atom. The van der Waals surface area contributed by atoms with Crippen LogP contribution in [0.15, 0.2) is 52.9 Å². The molecular formula is C27H36BrNO2Si2. The average molecular weight is 543 g/mol. The molecule has 1 aromatic heterocycles. The van der Waals surface area contributed by atoms with Gasteiger partial charge >= 0.3 is 0 Å². The van der Waals surface area contributed by atoms with Crippen molar-refractivity contribution in [3.63, 3.8) is 0 Å². The second-order valence-corrected chi connectivity index (χ2v) is 15.9. The van der Waals surface area contributed by atoms with Crippen LogP contribution in [0.5, 0.6) is 5.75 Å². The molecule has 6 heteroatoms. The molecule has 4 rings (SSSR count). The topological polar surface area (TPSA) is 25.4 Å². The van der Waals surface area contributed by atoms with Crippen molar-refractivity contribution in [3.8, 4) is 5.75 Å². The molecule has 1 aliphatic heterocycles. The van der Waals surface area contributed by atoms with Gasteiger partial charge in [-0.25, -0.2) is 0 Å². The summed E-state index contributed by atoms with van der Waals surface area (Å²) >= 11 is 3.56. The van der Waals surface area contributed by atoms with Crippen LogP contribution in [0.2, 0.25) is 26.2 Å². The van der Waals surface area contributed by atoms with Crippen molar-refractivity contribution >= 4 is 44.5 Å². The Morgan fingerprint density at radius 2 is 1.70 bits per heavy atom. The van der Waals surface area contributed by atoms with Gasteiger partial charge in [0.25, 0.3) is 0 Å². The third-order valence-corrected chi connectivity index (χ3v) is 11.2. The zero-order valence-electron chi connectivity index (χ0n) is 20.5. The van der Waals surface area contributed by atoms with Gasteiger partial charge in [-0.15, -0.1) is 0 Å². The fraction of sp³-hybridized carbons (Fsp3) is 0.481. The van der Waals surface area contributed by atoms with E-state index in [1.54, 1.807) is 7.11 Å². The molecule has 1 aliphatic rings. The van der Waals surface area contributed by atoms with Gasteiger partial charge in [0.1, 0.15) is 17.1 Å². The summed E-state index contributed by atoms with van der Waals surface area (Å²) in [5.74, 6) is 2.01. The van der Waals surface area contributed by atoms with Crippen LogP contribution >= 0.6 is 15.9 Å². The van der Waals surface area contributed by atoms with E-state index in [2.05, 4.69) is 95.5 Å². The summed E-state index contributed by atoms with van der Waals surface area (Å²) in [6.07, 6.45) is 4.81. The van der Waals surface area contributed by atoms with Gasteiger partial charge in [0.2, 0.25) is 0 Å². The molecule has 2 radical (unpaired) electrons. The van der Waals surface area contributed by atoms with Crippen molar-refractivity contribution in [2.24, 2.45) is 0 Å². The summed E-state index contributed by atoms with van der Waals surface area (Å²) in [5.41, 5.74) is 4.99. The van der Waals surface area contributed by atoms with E-state index in [0.717, 1.165) is 28.8 Å². The van der Waals surface area contributed by atoms with Gasteiger partial charge in [0.05, 0.1) is 30.7 Å². The highest BCUT2D eigenvalue weighted by Gasteiger charge is 2.56. The van der Waals surface area contributed by atoms with Crippen LogP contribution in [0, 0.1) is 0 Å². The number of ether oxygens (including phenoxy) is 1. The number of fused-ring (bicyclic) bond motifs is 1. The highest BCUT2D eigenvalue weighted by atomic mass is 79.9. The number of halogens is 1. The van der Waals surface area contributed by atoms with E-state index < -0.39 is 17.6 Å². The van der Waals surface area contributed by atoms with E-state index in [1.807, 2.05) is 0 Å². The summed E-state index contributed by atoms with van der Waals surface area (Å²) in [7, 11) is 0.887. The first-order valence-electron chi connectivity index (χ1n) is 12.0. The highest BCUT2D eigenvalue weighted by Crippen LogP contribution is 2.48. The third-order valence-electron chi connectivity index (χ3n) is 6.73. The SMILES string of the molecule is COc1ccc(CCCCCBr)cc1C(c1cc2ccccc2o1)N1C([Si](C)C)C1[Si](C)C. The van der Waals surface area contributed by atoms with E-state index in [-0.39, 0.29) is 6.04 Å². The van der Waals surface area contributed by atoms with Crippen LogP contribution < -0.4 is 4.74 Å². The van der Waals surface area contributed by atoms with Gasteiger partial charge in [0, 0.05) is 27.6 Å². The third kappa shape index (κ3) is 5.34. The average Bonchev–Trinajstić information content (AvgIpc) is 3.40. The standard InChI is InChI=1S/C27H36BrNO2Si2/c1-30-23-15-14-19(11-7-6-10-16-28)17-21(23)25(29-26(32(2)3)27(29)33(4)5)24-18-20-12-8-9-13-22(20)31-24/h8-9,12-15,17-18,25-27H,6-7,10-11,16H2,1-5H3. The lowest BCUT2D eigenvalue weighted by Crippen LogP contribution is -2.21. The van der Waals surface area contributed by atoms with Crippen molar-refractivity contribution in [2.75, 3.05) is 12.4 Å². The van der Waals surface area contributed by atoms with E-state index in [9.17, 15) is 0 Å². The molecule has 0 amide bonds. The fourth-order valence-corrected chi connectivity index (χ4v) is 10.9. The van der Waals surface area contributed by atoms with E-state index >= 15 is 0 Å². The Kier molecular flexibility index (Phi) is 8.21. The Morgan fingerprint density at radius 1 is 0.970 bits per heavy atom. The molecule has 0 spiro atoms. The molecule has 176 valence electrons. The number of furan rings is 1. The molecule has 3 nitrogen and oxygen atoms in total. The number of nitrogens with zero attached hydrogens (tertiary/aromatic N) is 1. The largest absolute Gasteiger partial charge is 0.496 e. The lowest BCUT2D eigenvalue weighted by molar-refractivity contribution is 0.353. The zero-order chi connectivity index (χ0) is 23.5. The van der Waals surface area contributed by atoms with E-state index in [4.69, 9.17) is 9.15 Å². The molecule has 3 unspecified atom stereocenters. The van der Waals surface area contributed by atoms with Crippen LogP contribution in [-0.2, 0) is 6.42 Å². The predicted molar refractivity (Wildman–Crippen MR) is 147 cm³/mol. The summed E-state index contributed by atoms with van der Waals surface area (Å²) in [6.45, 7) is 9.83. The first-order chi connectivity index (χ1) is 16.0. The summed E-state index contributed by atoms with van der Waals surface area (Å²) in [5, 5.41) is 2.26. The van der Waals surface area contributed by atoms with Crippen LogP contribution in [0.25, 0.3) is 11.0 Å². The number of alkyl halides is 1. The number of rotatable bonds is 11. The van der Waals surface area contributed by atoms with Crippen molar-refractivity contribution in [1.29, 1.82) is 0 Å². The summed E-state index contributed by atoms with van der Waals surface area (Å²) < 4.78 is 12.4. The maximum atomic E-state index is 6.51. The molecule has 2 aromatic carbocycles. The predicted octanol–water partition coefficient (Wildman–Crippen LogP) is 7.28. The molecule has 3 aromatic rings. The summed E-state index contributed by atoms with van der Waals surface area (Å²) in [6, 6.07) is 17.5. The normalized spacial score (nSPS) is 21.2. The van der Waals surface area contributed by atoms with Gasteiger partial charge < -0.3 is 9.15 Å². The van der Waals surface area contributed by atoms with E-state index in [0.29, 0.717) is 11.3 Å². The number of benzene rings is 2. The molecule has 0 aliphatic carbocycles. The number of hydrogen-bond acceptors (Lipinski definition) is 3. The number of methoxy groups -OCH3 is 1. The number of hydrogen-bond donors (Lipinski definition) is 0. The van der Waals surface area contributed by atoms with Gasteiger partial charge in [-0.3, -0.25) is 4.90 Å². The Labute approximate surface area is 210 Å². The molecule has 0 saturated carbocycles. The lowest BCUT2D eigenvalue weighted by Gasteiger charge is -2.23.